The van der Waals surface area contributed by atoms with E-state index in [4.69, 9.17) is 10.1 Å². The van der Waals surface area contributed by atoms with Gasteiger partial charge in [0.2, 0.25) is 5.91 Å². The molecule has 2 aromatic heterocycles. The number of amides is 1. The number of carbonyl (C=O) groups is 1. The van der Waals surface area contributed by atoms with Gasteiger partial charge in [0.15, 0.2) is 5.65 Å². The minimum absolute atomic E-state index is 0.194. The second-order valence-corrected chi connectivity index (χ2v) is 8.54. The molecule has 2 heterocycles. The van der Waals surface area contributed by atoms with E-state index in [9.17, 15) is 4.79 Å². The van der Waals surface area contributed by atoms with Crippen molar-refractivity contribution in [3.05, 3.63) is 114 Å². The second-order valence-electron chi connectivity index (χ2n) is 8.54. The van der Waals surface area contributed by atoms with Crippen LogP contribution in [0.2, 0.25) is 0 Å². The Bertz CT molecular complexity index is 1730. The van der Waals surface area contributed by atoms with Gasteiger partial charge in [-0.25, -0.2) is 9.50 Å². The number of fused-ring (bicyclic) bond motifs is 5. The van der Waals surface area contributed by atoms with Crippen LogP contribution in [-0.2, 0) is 4.79 Å². The summed E-state index contributed by atoms with van der Waals surface area (Å²) < 4.78 is 1.88. The number of hydrogen-bond acceptors (Lipinski definition) is 3. The molecule has 5 heteroatoms. The largest absolute Gasteiger partial charge is 0.322 e. The molecule has 0 aliphatic heterocycles. The maximum atomic E-state index is 12.5. The minimum Gasteiger partial charge on any atom is -0.322 e. The normalized spacial score (nSPS) is 11.6. The highest BCUT2D eigenvalue weighted by Gasteiger charge is 2.15. The van der Waals surface area contributed by atoms with Crippen LogP contribution in [-0.4, -0.2) is 20.5 Å². The van der Waals surface area contributed by atoms with Crippen LogP contribution in [0.25, 0.3) is 44.8 Å². The lowest BCUT2D eigenvalue weighted by Gasteiger charge is -2.09. The summed E-state index contributed by atoms with van der Waals surface area (Å²) in [5.74, 6) is -0.194. The van der Waals surface area contributed by atoms with Crippen LogP contribution in [0.5, 0.6) is 0 Å². The molecule has 0 aliphatic rings. The number of nitrogens with zero attached hydrogens (tertiary/aromatic N) is 3. The molecule has 0 fully saturated rings. The Labute approximate surface area is 202 Å². The summed E-state index contributed by atoms with van der Waals surface area (Å²) in [6.45, 7) is 2.08. The third-order valence-corrected chi connectivity index (χ3v) is 6.07. The van der Waals surface area contributed by atoms with Crippen LogP contribution in [0, 0.1) is 6.92 Å². The molecular weight excluding hydrogens is 432 g/mol. The third kappa shape index (κ3) is 3.93. The minimum atomic E-state index is -0.194. The first-order chi connectivity index (χ1) is 17.2. The Kier molecular flexibility index (Phi) is 5.08. The molecule has 1 N–H and O–H groups in total. The molecule has 35 heavy (non-hydrogen) atoms. The van der Waals surface area contributed by atoms with Gasteiger partial charge in [0.1, 0.15) is 0 Å². The van der Waals surface area contributed by atoms with E-state index in [1.54, 1.807) is 6.08 Å². The molecule has 0 aliphatic carbocycles. The van der Waals surface area contributed by atoms with Gasteiger partial charge in [-0.2, -0.15) is 5.10 Å². The number of benzene rings is 4. The summed E-state index contributed by atoms with van der Waals surface area (Å²) >= 11 is 0. The molecule has 168 valence electrons. The van der Waals surface area contributed by atoms with Crippen molar-refractivity contribution in [1.29, 1.82) is 0 Å². The van der Waals surface area contributed by atoms with E-state index in [0.29, 0.717) is 5.69 Å². The van der Waals surface area contributed by atoms with Gasteiger partial charge in [0, 0.05) is 28.1 Å². The Morgan fingerprint density at radius 1 is 0.857 bits per heavy atom. The summed E-state index contributed by atoms with van der Waals surface area (Å²) in [5.41, 5.74) is 7.26. The third-order valence-electron chi connectivity index (χ3n) is 6.07. The van der Waals surface area contributed by atoms with E-state index < -0.39 is 0 Å². The van der Waals surface area contributed by atoms with Gasteiger partial charge < -0.3 is 5.32 Å². The van der Waals surface area contributed by atoms with Crippen LogP contribution in [0.1, 0.15) is 11.1 Å². The second kappa shape index (κ2) is 8.54. The maximum absolute atomic E-state index is 12.5. The molecule has 1 amide bonds. The summed E-state index contributed by atoms with van der Waals surface area (Å²) in [6, 6.07) is 32.0. The van der Waals surface area contributed by atoms with E-state index in [1.165, 1.54) is 11.6 Å². The van der Waals surface area contributed by atoms with E-state index in [0.717, 1.165) is 44.3 Å². The number of hydrogen-bond donors (Lipinski definition) is 1. The zero-order chi connectivity index (χ0) is 23.8. The first kappa shape index (κ1) is 20.8. The smallest absolute Gasteiger partial charge is 0.248 e. The summed E-state index contributed by atoms with van der Waals surface area (Å²) in [4.78, 5) is 17.4. The predicted octanol–water partition coefficient (Wildman–Crippen LogP) is 6.66. The fraction of sp³-hybridized carbons (Fsp3) is 0.0333. The van der Waals surface area contributed by atoms with Crippen LogP contribution < -0.4 is 5.32 Å². The van der Waals surface area contributed by atoms with Crippen LogP contribution in [0.3, 0.4) is 0 Å². The van der Waals surface area contributed by atoms with Crippen LogP contribution in [0.15, 0.2) is 103 Å². The quantitative estimate of drug-likeness (QED) is 0.303. The van der Waals surface area contributed by atoms with Gasteiger partial charge in [0.05, 0.1) is 16.7 Å². The monoisotopic (exact) mass is 454 g/mol. The first-order valence-electron chi connectivity index (χ1n) is 11.5. The van der Waals surface area contributed by atoms with Crippen molar-refractivity contribution in [1.82, 2.24) is 14.6 Å². The van der Waals surface area contributed by atoms with Gasteiger partial charge in [0.25, 0.3) is 0 Å². The molecule has 6 rings (SSSR count). The number of nitrogens with one attached hydrogen (secondary N) is 1. The van der Waals surface area contributed by atoms with Crippen molar-refractivity contribution >= 4 is 45.1 Å². The number of imidazole rings is 1. The fourth-order valence-corrected chi connectivity index (χ4v) is 4.30. The topological polar surface area (TPSA) is 59.3 Å². The Morgan fingerprint density at radius 3 is 2.40 bits per heavy atom. The zero-order valence-electron chi connectivity index (χ0n) is 19.1. The SMILES string of the molecule is Cc1ccc(-c2nn3c4cc(NC(=O)/C=C/c5ccccc5)ccc4nc3c3ccccc23)cc1. The average Bonchev–Trinajstić information content (AvgIpc) is 3.26. The van der Waals surface area contributed by atoms with Crippen LogP contribution >= 0.6 is 0 Å². The predicted molar refractivity (Wildman–Crippen MR) is 142 cm³/mol. The molecule has 0 unspecified atom stereocenters. The van der Waals surface area contributed by atoms with Crippen molar-refractivity contribution in [3.8, 4) is 11.3 Å². The van der Waals surface area contributed by atoms with Gasteiger partial charge in [-0.1, -0.05) is 84.4 Å². The molecule has 0 atom stereocenters. The van der Waals surface area contributed by atoms with E-state index in [1.807, 2.05) is 65.2 Å². The number of rotatable bonds is 4. The van der Waals surface area contributed by atoms with Crippen molar-refractivity contribution in [2.24, 2.45) is 0 Å². The standard InChI is InChI=1S/C30H22N4O/c1-20-11-14-22(15-12-20)29-24-9-5-6-10-25(24)30-32-26-17-16-23(19-27(26)34(30)33-29)31-28(35)18-13-21-7-3-2-4-8-21/h2-19H,1H3,(H,31,35)/b18-13+. The Hall–Kier alpha value is -4.77. The summed E-state index contributed by atoms with van der Waals surface area (Å²) in [7, 11) is 0. The van der Waals surface area contributed by atoms with E-state index in [2.05, 4.69) is 48.6 Å². The molecule has 0 saturated heterocycles. The number of carbonyl (C=O) groups excluding carboxylic acids is 1. The molecule has 5 nitrogen and oxygen atoms in total. The number of anilines is 1. The Balaban J connectivity index is 1.44. The molecule has 0 saturated carbocycles. The summed E-state index contributed by atoms with van der Waals surface area (Å²) in [5, 5.41) is 10.1. The van der Waals surface area contributed by atoms with Gasteiger partial charge in [-0.3, -0.25) is 4.79 Å². The van der Waals surface area contributed by atoms with Gasteiger partial charge >= 0.3 is 0 Å². The molecule has 0 spiro atoms. The summed E-state index contributed by atoms with van der Waals surface area (Å²) in [6.07, 6.45) is 3.33. The highest BCUT2D eigenvalue weighted by molar-refractivity contribution is 6.05. The first-order valence-corrected chi connectivity index (χ1v) is 11.5. The van der Waals surface area contributed by atoms with Crippen molar-refractivity contribution in [2.75, 3.05) is 5.32 Å². The average molecular weight is 455 g/mol. The lowest BCUT2D eigenvalue weighted by atomic mass is 10.0. The van der Waals surface area contributed by atoms with Crippen molar-refractivity contribution < 1.29 is 4.79 Å². The Morgan fingerprint density at radius 2 is 1.60 bits per heavy atom. The molecule has 0 radical (unpaired) electrons. The van der Waals surface area contributed by atoms with E-state index >= 15 is 0 Å². The van der Waals surface area contributed by atoms with E-state index in [-0.39, 0.29) is 5.91 Å². The maximum Gasteiger partial charge on any atom is 0.248 e. The molecular formula is C30H22N4O. The highest BCUT2D eigenvalue weighted by atomic mass is 16.1. The van der Waals surface area contributed by atoms with Crippen LogP contribution in [0.4, 0.5) is 5.69 Å². The highest BCUT2D eigenvalue weighted by Crippen LogP contribution is 2.31. The van der Waals surface area contributed by atoms with Crippen molar-refractivity contribution in [2.45, 2.75) is 6.92 Å². The van der Waals surface area contributed by atoms with Gasteiger partial charge in [-0.15, -0.1) is 0 Å². The number of aryl methyl sites for hydroxylation is 1. The number of aromatic nitrogens is 3. The molecule has 4 aromatic carbocycles. The van der Waals surface area contributed by atoms with Crippen molar-refractivity contribution in [3.63, 3.8) is 0 Å². The lowest BCUT2D eigenvalue weighted by molar-refractivity contribution is -0.111. The fourth-order valence-electron chi connectivity index (χ4n) is 4.30. The molecule has 0 bridgehead atoms. The van der Waals surface area contributed by atoms with Gasteiger partial charge in [-0.05, 0) is 36.8 Å². The molecule has 6 aromatic rings. The zero-order valence-corrected chi connectivity index (χ0v) is 19.1. The lowest BCUT2D eigenvalue weighted by Crippen LogP contribution is -2.07.